The fourth-order valence-electron chi connectivity index (χ4n) is 3.61. The Kier molecular flexibility index (Phi) is 6.07. The molecule has 1 aromatic carbocycles. The molecule has 0 spiro atoms. The van der Waals surface area contributed by atoms with Crippen molar-refractivity contribution < 1.29 is 14.4 Å². The Morgan fingerprint density at radius 1 is 1.12 bits per heavy atom. The minimum atomic E-state index is -0.581. The number of hydrogen-bond donors (Lipinski definition) is 3. The van der Waals surface area contributed by atoms with Gasteiger partial charge in [-0.2, -0.15) is 5.10 Å². The van der Waals surface area contributed by atoms with Crippen molar-refractivity contribution >= 4 is 34.7 Å². The van der Waals surface area contributed by atoms with Crippen molar-refractivity contribution in [3.63, 3.8) is 0 Å². The lowest BCUT2D eigenvalue weighted by Gasteiger charge is -2.21. The minimum absolute atomic E-state index is 0.0633. The highest BCUT2D eigenvalue weighted by molar-refractivity contribution is 6.04. The van der Waals surface area contributed by atoms with E-state index in [0.717, 1.165) is 5.69 Å². The summed E-state index contributed by atoms with van der Waals surface area (Å²) in [5, 5.41) is 10.0. The number of nitrogens with one attached hydrogen (secondary N) is 2. The van der Waals surface area contributed by atoms with Gasteiger partial charge in [0.25, 0.3) is 5.91 Å². The molecule has 10 nitrogen and oxygen atoms in total. The average Bonchev–Trinajstić information content (AvgIpc) is 3.20. The summed E-state index contributed by atoms with van der Waals surface area (Å²) >= 11 is 0. The third-order valence-electron chi connectivity index (χ3n) is 4.79. The number of carbonyl (C=O) groups is 3. The van der Waals surface area contributed by atoms with E-state index in [4.69, 9.17) is 5.73 Å². The molecule has 32 heavy (non-hydrogen) atoms. The van der Waals surface area contributed by atoms with Crippen molar-refractivity contribution in [1.29, 1.82) is 0 Å². The molecule has 0 radical (unpaired) electrons. The molecular formula is C22H29N7O3. The quantitative estimate of drug-likeness (QED) is 0.540. The first-order valence-electron chi connectivity index (χ1n) is 10.4. The maximum atomic E-state index is 13.0. The zero-order valence-corrected chi connectivity index (χ0v) is 19.2. The summed E-state index contributed by atoms with van der Waals surface area (Å²) in [5.41, 5.74) is 8.23. The van der Waals surface area contributed by atoms with E-state index >= 15 is 0 Å². The molecular weight excluding hydrogens is 410 g/mol. The van der Waals surface area contributed by atoms with Crippen molar-refractivity contribution in [2.24, 2.45) is 5.73 Å². The standard InChI is InChI=1S/C22H29N7O3/c1-7-29-16(9-13(3)27-29)20(32)25-21-24-15-10-14(19(23)31)8-12(2)18(15)28(21)11-17(30)26-22(4,5)6/h8-10H,7,11H2,1-6H3,(H2,23,31)(H,26,30)(H,24,25,32). The number of primary amides is 1. The van der Waals surface area contributed by atoms with Crippen LogP contribution in [0.3, 0.4) is 0 Å². The number of aromatic nitrogens is 4. The van der Waals surface area contributed by atoms with Gasteiger partial charge in [0.2, 0.25) is 17.8 Å². The zero-order valence-electron chi connectivity index (χ0n) is 19.2. The van der Waals surface area contributed by atoms with E-state index < -0.39 is 17.4 Å². The minimum Gasteiger partial charge on any atom is -0.366 e. The van der Waals surface area contributed by atoms with Gasteiger partial charge >= 0.3 is 0 Å². The first kappa shape index (κ1) is 23.0. The van der Waals surface area contributed by atoms with Crippen LogP contribution in [0.2, 0.25) is 0 Å². The number of hydrogen-bond acceptors (Lipinski definition) is 5. The lowest BCUT2D eigenvalue weighted by atomic mass is 10.1. The molecule has 0 unspecified atom stereocenters. The summed E-state index contributed by atoms with van der Waals surface area (Å²) in [6, 6.07) is 4.89. The van der Waals surface area contributed by atoms with Gasteiger partial charge in [-0.3, -0.25) is 24.4 Å². The van der Waals surface area contributed by atoms with Gasteiger partial charge in [0.05, 0.1) is 16.7 Å². The van der Waals surface area contributed by atoms with Crippen LogP contribution in [-0.4, -0.2) is 42.6 Å². The Morgan fingerprint density at radius 2 is 1.81 bits per heavy atom. The molecule has 3 aromatic rings. The number of carbonyl (C=O) groups excluding carboxylic acids is 3. The van der Waals surface area contributed by atoms with Gasteiger partial charge in [-0.25, -0.2) is 4.98 Å². The molecule has 10 heteroatoms. The van der Waals surface area contributed by atoms with Gasteiger partial charge in [0, 0.05) is 17.6 Å². The summed E-state index contributed by atoms with van der Waals surface area (Å²) in [7, 11) is 0. The second-order valence-corrected chi connectivity index (χ2v) is 8.79. The lowest BCUT2D eigenvalue weighted by Crippen LogP contribution is -2.42. The number of rotatable bonds is 6. The summed E-state index contributed by atoms with van der Waals surface area (Å²) < 4.78 is 3.23. The summed E-state index contributed by atoms with van der Waals surface area (Å²) in [6.45, 7) is 11.6. The molecule has 4 N–H and O–H groups in total. The number of nitrogens with zero attached hydrogens (tertiary/aromatic N) is 4. The van der Waals surface area contributed by atoms with Crippen molar-refractivity contribution in [3.05, 3.63) is 40.7 Å². The SMILES string of the molecule is CCn1nc(C)cc1C(=O)Nc1nc2cc(C(N)=O)cc(C)c2n1CC(=O)NC(C)(C)C. The molecule has 3 rings (SSSR count). The van der Waals surface area contributed by atoms with Crippen molar-refractivity contribution in [2.45, 2.75) is 60.2 Å². The lowest BCUT2D eigenvalue weighted by molar-refractivity contribution is -0.123. The Hall–Kier alpha value is -3.69. The van der Waals surface area contributed by atoms with Crippen LogP contribution < -0.4 is 16.4 Å². The van der Waals surface area contributed by atoms with Crippen LogP contribution in [0.4, 0.5) is 5.95 Å². The number of nitrogens with two attached hydrogens (primary N) is 1. The second kappa shape index (κ2) is 8.45. The van der Waals surface area contributed by atoms with E-state index in [1.54, 1.807) is 34.4 Å². The maximum Gasteiger partial charge on any atom is 0.276 e. The number of benzene rings is 1. The fraction of sp³-hybridized carbons (Fsp3) is 0.409. The monoisotopic (exact) mass is 439 g/mol. The summed E-state index contributed by atoms with van der Waals surface area (Å²) in [4.78, 5) is 41.9. The molecule has 0 aliphatic heterocycles. The topological polar surface area (TPSA) is 137 Å². The maximum absolute atomic E-state index is 13.0. The van der Waals surface area contributed by atoms with Gasteiger partial charge in [-0.1, -0.05) is 0 Å². The Bertz CT molecular complexity index is 1210. The number of imidazole rings is 1. The predicted octanol–water partition coefficient (Wildman–Crippen LogP) is 2.14. The van der Waals surface area contributed by atoms with E-state index in [1.165, 1.54) is 0 Å². The highest BCUT2D eigenvalue weighted by atomic mass is 16.2. The Labute approximate surface area is 186 Å². The number of fused-ring (bicyclic) bond motifs is 1. The molecule has 0 bridgehead atoms. The van der Waals surface area contributed by atoms with Crippen LogP contribution in [0.1, 0.15) is 59.8 Å². The number of amides is 3. The first-order valence-corrected chi connectivity index (χ1v) is 10.4. The fourth-order valence-corrected chi connectivity index (χ4v) is 3.61. The van der Waals surface area contributed by atoms with Crippen LogP contribution in [0.25, 0.3) is 11.0 Å². The number of anilines is 1. The van der Waals surface area contributed by atoms with Crippen molar-refractivity contribution in [1.82, 2.24) is 24.6 Å². The van der Waals surface area contributed by atoms with Crippen molar-refractivity contribution in [2.75, 3.05) is 5.32 Å². The third-order valence-corrected chi connectivity index (χ3v) is 4.79. The number of aryl methyl sites for hydroxylation is 3. The molecule has 0 saturated carbocycles. The Morgan fingerprint density at radius 3 is 2.41 bits per heavy atom. The van der Waals surface area contributed by atoms with Crippen LogP contribution in [-0.2, 0) is 17.9 Å². The van der Waals surface area contributed by atoms with Gasteiger partial charge in [0.1, 0.15) is 12.2 Å². The highest BCUT2D eigenvalue weighted by Gasteiger charge is 2.22. The van der Waals surface area contributed by atoms with E-state index in [0.29, 0.717) is 34.4 Å². The smallest absolute Gasteiger partial charge is 0.276 e. The summed E-state index contributed by atoms with van der Waals surface area (Å²) in [5.74, 6) is -1.02. The second-order valence-electron chi connectivity index (χ2n) is 8.79. The van der Waals surface area contributed by atoms with E-state index in [9.17, 15) is 14.4 Å². The van der Waals surface area contributed by atoms with Gasteiger partial charge < -0.3 is 15.6 Å². The predicted molar refractivity (Wildman–Crippen MR) is 121 cm³/mol. The molecule has 0 aliphatic carbocycles. The molecule has 0 fully saturated rings. The van der Waals surface area contributed by atoms with E-state index in [1.807, 2.05) is 34.6 Å². The molecule has 0 atom stereocenters. The Balaban J connectivity index is 2.08. The van der Waals surface area contributed by atoms with Crippen LogP contribution in [0.15, 0.2) is 18.2 Å². The molecule has 170 valence electrons. The highest BCUT2D eigenvalue weighted by Crippen LogP contribution is 2.25. The molecule has 2 heterocycles. The van der Waals surface area contributed by atoms with Gasteiger partial charge in [-0.05, 0) is 65.3 Å². The van der Waals surface area contributed by atoms with E-state index in [2.05, 4.69) is 20.7 Å². The van der Waals surface area contributed by atoms with Crippen molar-refractivity contribution in [3.8, 4) is 0 Å². The molecule has 0 saturated heterocycles. The van der Waals surface area contributed by atoms with Crippen LogP contribution in [0.5, 0.6) is 0 Å². The van der Waals surface area contributed by atoms with Crippen LogP contribution >= 0.6 is 0 Å². The van der Waals surface area contributed by atoms with E-state index in [-0.39, 0.29) is 18.4 Å². The average molecular weight is 440 g/mol. The van der Waals surface area contributed by atoms with Crippen LogP contribution in [0, 0.1) is 13.8 Å². The normalized spacial score (nSPS) is 11.6. The summed E-state index contributed by atoms with van der Waals surface area (Å²) in [6.07, 6.45) is 0. The van der Waals surface area contributed by atoms with Gasteiger partial charge in [-0.15, -0.1) is 0 Å². The zero-order chi connectivity index (χ0) is 23.8. The third kappa shape index (κ3) is 4.79. The molecule has 0 aliphatic rings. The largest absolute Gasteiger partial charge is 0.366 e. The molecule has 3 amide bonds. The first-order chi connectivity index (χ1) is 14.9. The molecule has 2 aromatic heterocycles. The van der Waals surface area contributed by atoms with Gasteiger partial charge in [0.15, 0.2) is 0 Å².